The largest absolute Gasteiger partial charge is 0.264 e. The Morgan fingerprint density at radius 2 is 1.90 bits per heavy atom. The first-order valence-corrected chi connectivity index (χ1v) is 9.00. The van der Waals surface area contributed by atoms with E-state index in [1.54, 1.807) is 18.5 Å². The van der Waals surface area contributed by atoms with Gasteiger partial charge < -0.3 is 0 Å². The molecule has 0 unspecified atom stereocenters. The van der Waals surface area contributed by atoms with E-state index in [1.165, 1.54) is 0 Å². The van der Waals surface area contributed by atoms with Gasteiger partial charge in [-0.05, 0) is 62.0 Å². The summed E-state index contributed by atoms with van der Waals surface area (Å²) in [6, 6.07) is 5.88. The highest BCUT2D eigenvalue weighted by atomic mass is 79.9. The summed E-state index contributed by atoms with van der Waals surface area (Å²) in [6.45, 7) is 0.226. The molecule has 0 aliphatic heterocycles. The van der Waals surface area contributed by atoms with E-state index in [2.05, 4.69) is 41.6 Å². The van der Waals surface area contributed by atoms with E-state index in [9.17, 15) is 12.8 Å². The molecule has 0 fully saturated rings. The van der Waals surface area contributed by atoms with Crippen LogP contribution in [-0.4, -0.2) is 19.9 Å². The van der Waals surface area contributed by atoms with Gasteiger partial charge in [0, 0.05) is 27.9 Å². The summed E-state index contributed by atoms with van der Waals surface area (Å²) in [4.78, 5) is 3.94. The van der Waals surface area contributed by atoms with Gasteiger partial charge in [0.05, 0.1) is 0 Å². The van der Waals surface area contributed by atoms with Crippen LogP contribution in [0.15, 0.2) is 50.5 Å². The summed E-state index contributed by atoms with van der Waals surface area (Å²) in [5, 5.41) is 0. The van der Waals surface area contributed by atoms with Crippen molar-refractivity contribution in [2.45, 2.75) is 11.3 Å². The lowest BCUT2D eigenvalue weighted by Crippen LogP contribution is -2.26. The maximum absolute atomic E-state index is 13.2. The second kappa shape index (κ2) is 6.95. The van der Waals surface area contributed by atoms with Crippen molar-refractivity contribution in [1.82, 2.24) is 9.71 Å². The van der Waals surface area contributed by atoms with Crippen molar-refractivity contribution in [1.29, 1.82) is 0 Å². The molecule has 0 aliphatic carbocycles. The number of rotatable bonds is 5. The van der Waals surface area contributed by atoms with Gasteiger partial charge in [0.2, 0.25) is 10.0 Å². The minimum atomic E-state index is -3.74. The molecular weight excluding hydrogens is 427 g/mol. The normalized spacial score (nSPS) is 11.6. The summed E-state index contributed by atoms with van der Waals surface area (Å²) < 4.78 is 40.5. The summed E-state index contributed by atoms with van der Waals surface area (Å²) >= 11 is 6.14. The lowest BCUT2D eigenvalue weighted by Gasteiger charge is -2.10. The van der Waals surface area contributed by atoms with Crippen molar-refractivity contribution >= 4 is 41.9 Å². The average Bonchev–Trinajstić information content (AvgIpc) is 2.38. The van der Waals surface area contributed by atoms with Crippen LogP contribution in [-0.2, 0) is 16.4 Å². The van der Waals surface area contributed by atoms with Crippen LogP contribution in [0.1, 0.15) is 5.56 Å². The van der Waals surface area contributed by atoms with Gasteiger partial charge >= 0.3 is 0 Å². The molecule has 1 aromatic carbocycles. The maximum atomic E-state index is 13.2. The third-order valence-electron chi connectivity index (χ3n) is 2.66. The maximum Gasteiger partial charge on any atom is 0.242 e. The van der Waals surface area contributed by atoms with Crippen molar-refractivity contribution in [3.8, 4) is 0 Å². The van der Waals surface area contributed by atoms with E-state index in [4.69, 9.17) is 0 Å². The molecule has 112 valence electrons. The number of hydrogen-bond donors (Lipinski definition) is 1. The SMILES string of the molecule is O=S(=O)(NCCc1cccnc1)c1c(Br)cc(F)cc1Br. The first-order valence-electron chi connectivity index (χ1n) is 5.93. The van der Waals surface area contributed by atoms with Gasteiger partial charge in [-0.3, -0.25) is 4.98 Å². The molecule has 2 rings (SSSR count). The number of pyridine rings is 1. The van der Waals surface area contributed by atoms with Crippen molar-refractivity contribution in [2.24, 2.45) is 0 Å². The van der Waals surface area contributed by atoms with Gasteiger partial charge in [0.1, 0.15) is 10.7 Å². The number of hydrogen-bond acceptors (Lipinski definition) is 3. The molecule has 0 radical (unpaired) electrons. The lowest BCUT2D eigenvalue weighted by atomic mass is 10.2. The molecule has 21 heavy (non-hydrogen) atoms. The molecule has 4 nitrogen and oxygen atoms in total. The average molecular weight is 438 g/mol. The predicted octanol–water partition coefficient (Wildman–Crippen LogP) is 3.27. The first-order chi connectivity index (χ1) is 9.90. The molecule has 1 aromatic heterocycles. The van der Waals surface area contributed by atoms with Gasteiger partial charge in [-0.15, -0.1) is 0 Å². The van der Waals surface area contributed by atoms with Crippen LogP contribution in [0.3, 0.4) is 0 Å². The Morgan fingerprint density at radius 3 is 2.48 bits per heavy atom. The number of nitrogens with one attached hydrogen (secondary N) is 1. The Morgan fingerprint density at radius 1 is 1.24 bits per heavy atom. The third-order valence-corrected chi connectivity index (χ3v) is 6.00. The van der Waals surface area contributed by atoms with Crippen LogP contribution in [0.5, 0.6) is 0 Å². The summed E-state index contributed by atoms with van der Waals surface area (Å²) in [5.74, 6) is -0.525. The molecule has 1 heterocycles. The fourth-order valence-corrected chi connectivity index (χ4v) is 5.29. The Kier molecular flexibility index (Phi) is 5.48. The minimum absolute atomic E-state index is 0.0184. The van der Waals surface area contributed by atoms with Crippen LogP contribution in [0.2, 0.25) is 0 Å². The van der Waals surface area contributed by atoms with Crippen LogP contribution in [0.25, 0.3) is 0 Å². The van der Waals surface area contributed by atoms with E-state index < -0.39 is 15.8 Å². The number of nitrogens with zero attached hydrogens (tertiary/aromatic N) is 1. The number of sulfonamides is 1. The van der Waals surface area contributed by atoms with Crippen LogP contribution in [0, 0.1) is 5.82 Å². The minimum Gasteiger partial charge on any atom is -0.264 e. The highest BCUT2D eigenvalue weighted by Crippen LogP contribution is 2.30. The molecule has 0 atom stereocenters. The van der Waals surface area contributed by atoms with Crippen LogP contribution >= 0.6 is 31.9 Å². The summed E-state index contributed by atoms with van der Waals surface area (Å²) in [5.41, 5.74) is 0.928. The smallest absolute Gasteiger partial charge is 0.242 e. The number of benzene rings is 1. The zero-order valence-corrected chi connectivity index (χ0v) is 14.7. The predicted molar refractivity (Wildman–Crippen MR) is 84.9 cm³/mol. The van der Waals surface area contributed by atoms with Crippen molar-refractivity contribution in [3.05, 3.63) is 57.0 Å². The molecule has 0 saturated carbocycles. The molecule has 0 bridgehead atoms. The third kappa shape index (κ3) is 4.32. The molecular formula is C13H11Br2FN2O2S. The Hall–Kier alpha value is -0.830. The van der Waals surface area contributed by atoms with E-state index >= 15 is 0 Å². The molecule has 8 heteroatoms. The second-order valence-corrected chi connectivity index (χ2v) is 7.62. The van der Waals surface area contributed by atoms with Crippen molar-refractivity contribution in [2.75, 3.05) is 6.54 Å². The van der Waals surface area contributed by atoms with E-state index in [1.807, 2.05) is 6.07 Å². The Balaban J connectivity index is 2.12. The van der Waals surface area contributed by atoms with Gasteiger partial charge in [-0.2, -0.15) is 0 Å². The lowest BCUT2D eigenvalue weighted by molar-refractivity contribution is 0.579. The topological polar surface area (TPSA) is 59.1 Å². The Bertz CT molecular complexity index is 716. The molecule has 0 amide bonds. The van der Waals surface area contributed by atoms with Crippen LogP contribution < -0.4 is 4.72 Å². The number of aromatic nitrogens is 1. The highest BCUT2D eigenvalue weighted by Gasteiger charge is 2.21. The fraction of sp³-hybridized carbons (Fsp3) is 0.154. The molecule has 0 spiro atoms. The van der Waals surface area contributed by atoms with Gasteiger partial charge in [0.25, 0.3) is 0 Å². The molecule has 0 aliphatic rings. The van der Waals surface area contributed by atoms with Gasteiger partial charge in [0.15, 0.2) is 0 Å². The van der Waals surface area contributed by atoms with Crippen molar-refractivity contribution in [3.63, 3.8) is 0 Å². The number of halogens is 3. The standard InChI is InChI=1S/C13H11Br2FN2O2S/c14-11-6-10(16)7-12(15)13(11)21(19,20)18-5-3-9-2-1-4-17-8-9/h1-2,4,6-8,18H,3,5H2. The molecule has 2 aromatic rings. The monoisotopic (exact) mass is 436 g/mol. The zero-order chi connectivity index (χ0) is 15.5. The van der Waals surface area contributed by atoms with Gasteiger partial charge in [-0.1, -0.05) is 6.07 Å². The zero-order valence-electron chi connectivity index (χ0n) is 10.7. The fourth-order valence-electron chi connectivity index (χ4n) is 1.73. The van der Waals surface area contributed by atoms with E-state index in [-0.39, 0.29) is 20.4 Å². The first kappa shape index (κ1) is 16.5. The van der Waals surface area contributed by atoms with E-state index in [0.717, 1.165) is 17.7 Å². The quantitative estimate of drug-likeness (QED) is 0.780. The summed E-state index contributed by atoms with van der Waals surface area (Å²) in [6.07, 6.45) is 3.85. The molecule has 1 N–H and O–H groups in total. The Labute approximate surface area is 139 Å². The van der Waals surface area contributed by atoms with Gasteiger partial charge in [-0.25, -0.2) is 17.5 Å². The summed E-state index contributed by atoms with van der Waals surface area (Å²) in [7, 11) is -3.74. The van der Waals surface area contributed by atoms with E-state index in [0.29, 0.717) is 6.42 Å². The molecule has 0 saturated heterocycles. The van der Waals surface area contributed by atoms with Crippen molar-refractivity contribution < 1.29 is 12.8 Å². The van der Waals surface area contributed by atoms with Crippen LogP contribution in [0.4, 0.5) is 4.39 Å². The second-order valence-electron chi connectivity index (χ2n) is 4.21. The highest BCUT2D eigenvalue weighted by molar-refractivity contribution is 9.11.